The van der Waals surface area contributed by atoms with Gasteiger partial charge in [0, 0.05) is 29.1 Å². The van der Waals surface area contributed by atoms with Crippen molar-refractivity contribution in [1.29, 1.82) is 0 Å². The van der Waals surface area contributed by atoms with Crippen molar-refractivity contribution in [3.63, 3.8) is 0 Å². The minimum atomic E-state index is -4.49. The van der Waals surface area contributed by atoms with Crippen molar-refractivity contribution in [2.75, 3.05) is 7.11 Å². The van der Waals surface area contributed by atoms with Crippen LogP contribution < -0.4 is 0 Å². The zero-order chi connectivity index (χ0) is 19.0. The number of rotatable bonds is 3. The predicted octanol–water partition coefficient (Wildman–Crippen LogP) is 3.74. The first kappa shape index (κ1) is 19.0. The maximum Gasteiger partial charge on any atom is 0.416 e. The van der Waals surface area contributed by atoms with Crippen molar-refractivity contribution < 1.29 is 22.7 Å². The van der Waals surface area contributed by atoms with Gasteiger partial charge in [-0.25, -0.2) is 9.78 Å². The molecular weight excluding hydrogens is 335 g/mol. The number of esters is 1. The molecular formula is C17H20F3N3O2. The number of nitrogens with zero attached hydrogens (tertiary/aromatic N) is 3. The molecule has 0 aromatic carbocycles. The first-order chi connectivity index (χ1) is 11.5. The Balaban J connectivity index is 2.61. The van der Waals surface area contributed by atoms with Gasteiger partial charge in [-0.2, -0.15) is 13.2 Å². The molecule has 0 saturated carbocycles. The molecule has 2 aromatic rings. The number of hydrogen-bond acceptors (Lipinski definition) is 4. The van der Waals surface area contributed by atoms with E-state index in [4.69, 9.17) is 4.74 Å². The minimum absolute atomic E-state index is 0.0115. The first-order valence-electron chi connectivity index (χ1n) is 7.62. The van der Waals surface area contributed by atoms with Crippen molar-refractivity contribution in [2.24, 2.45) is 0 Å². The fourth-order valence-electron chi connectivity index (χ4n) is 2.59. The second-order valence-corrected chi connectivity index (χ2v) is 6.73. The number of carbonyl (C=O) groups excluding carboxylic acids is 1. The molecule has 0 amide bonds. The summed E-state index contributed by atoms with van der Waals surface area (Å²) in [7, 11) is 1.24. The summed E-state index contributed by atoms with van der Waals surface area (Å²) in [5.74, 6) is -0.119. The number of pyridine rings is 1. The van der Waals surface area contributed by atoms with Crippen LogP contribution in [0.1, 0.15) is 53.9 Å². The van der Waals surface area contributed by atoms with E-state index in [1.54, 1.807) is 11.5 Å². The summed E-state index contributed by atoms with van der Waals surface area (Å²) in [6.07, 6.45) is -2.19. The Morgan fingerprint density at radius 2 is 1.92 bits per heavy atom. The molecule has 0 aliphatic heterocycles. The molecule has 2 heterocycles. The highest BCUT2D eigenvalue weighted by molar-refractivity contribution is 5.88. The second-order valence-electron chi connectivity index (χ2n) is 6.73. The summed E-state index contributed by atoms with van der Waals surface area (Å²) >= 11 is 0. The summed E-state index contributed by atoms with van der Waals surface area (Å²) in [4.78, 5) is 20.1. The maximum absolute atomic E-state index is 13.2. The molecule has 0 aliphatic carbocycles. The molecule has 0 unspecified atom stereocenters. The van der Waals surface area contributed by atoms with Gasteiger partial charge in [-0.3, -0.25) is 4.98 Å². The fraction of sp³-hybridized carbons (Fsp3) is 0.471. The third kappa shape index (κ3) is 3.83. The zero-order valence-electron chi connectivity index (χ0n) is 14.7. The van der Waals surface area contributed by atoms with E-state index in [9.17, 15) is 18.0 Å². The van der Waals surface area contributed by atoms with Gasteiger partial charge < -0.3 is 9.30 Å². The number of methoxy groups -OCH3 is 1. The first-order valence-corrected chi connectivity index (χ1v) is 7.62. The normalized spacial score (nSPS) is 12.3. The Labute approximate surface area is 143 Å². The van der Waals surface area contributed by atoms with Crippen LogP contribution in [-0.2, 0) is 22.9 Å². The van der Waals surface area contributed by atoms with Crippen molar-refractivity contribution in [2.45, 2.75) is 45.8 Å². The summed E-state index contributed by atoms with van der Waals surface area (Å²) in [5, 5.41) is 0. The van der Waals surface area contributed by atoms with E-state index < -0.39 is 23.1 Å². The zero-order valence-corrected chi connectivity index (χ0v) is 14.7. The van der Waals surface area contributed by atoms with E-state index in [0.29, 0.717) is 11.5 Å². The van der Waals surface area contributed by atoms with Gasteiger partial charge in [-0.05, 0) is 13.0 Å². The number of halogens is 3. The lowest BCUT2D eigenvalue weighted by Crippen LogP contribution is -2.21. The molecule has 25 heavy (non-hydrogen) atoms. The molecule has 8 heteroatoms. The van der Waals surface area contributed by atoms with Crippen LogP contribution in [-0.4, -0.2) is 27.6 Å². The van der Waals surface area contributed by atoms with E-state index >= 15 is 0 Å². The Morgan fingerprint density at radius 3 is 2.44 bits per heavy atom. The van der Waals surface area contributed by atoms with Crippen LogP contribution in [0.4, 0.5) is 13.2 Å². The number of alkyl halides is 3. The molecule has 5 nitrogen and oxygen atoms in total. The van der Waals surface area contributed by atoms with Crippen LogP contribution in [0.25, 0.3) is 0 Å². The molecule has 0 radical (unpaired) electrons. The van der Waals surface area contributed by atoms with Gasteiger partial charge in [-0.15, -0.1) is 0 Å². The topological polar surface area (TPSA) is 57.0 Å². The lowest BCUT2D eigenvalue weighted by Gasteiger charge is -2.21. The van der Waals surface area contributed by atoms with Crippen molar-refractivity contribution >= 4 is 5.97 Å². The van der Waals surface area contributed by atoms with Crippen LogP contribution in [0.3, 0.4) is 0 Å². The van der Waals surface area contributed by atoms with Gasteiger partial charge in [0.15, 0.2) is 5.69 Å². The van der Waals surface area contributed by atoms with Gasteiger partial charge in [0.25, 0.3) is 0 Å². The number of imidazole rings is 1. The van der Waals surface area contributed by atoms with Crippen molar-refractivity contribution in [3.8, 4) is 0 Å². The van der Waals surface area contributed by atoms with E-state index in [2.05, 4.69) is 9.97 Å². The van der Waals surface area contributed by atoms with E-state index in [-0.39, 0.29) is 17.8 Å². The highest BCUT2D eigenvalue weighted by Crippen LogP contribution is 2.33. The Morgan fingerprint density at radius 1 is 1.28 bits per heavy atom. The van der Waals surface area contributed by atoms with Crippen molar-refractivity contribution in [1.82, 2.24) is 14.5 Å². The van der Waals surface area contributed by atoms with Crippen LogP contribution >= 0.6 is 0 Å². The van der Waals surface area contributed by atoms with E-state index in [0.717, 1.165) is 12.3 Å². The van der Waals surface area contributed by atoms with E-state index in [1.165, 1.54) is 13.3 Å². The Bertz CT molecular complexity index is 789. The van der Waals surface area contributed by atoms with Crippen LogP contribution in [0, 0.1) is 6.92 Å². The fourth-order valence-corrected chi connectivity index (χ4v) is 2.59. The molecule has 2 aromatic heterocycles. The lowest BCUT2D eigenvalue weighted by atomic mass is 9.95. The van der Waals surface area contributed by atoms with Crippen LogP contribution in [0.2, 0.25) is 0 Å². The number of carbonyl (C=O) groups is 1. The summed E-state index contributed by atoms with van der Waals surface area (Å²) in [6, 6.07) is 0.944. The molecule has 0 fully saturated rings. The minimum Gasteiger partial charge on any atom is -0.464 e. The number of ether oxygens (including phenoxy) is 1. The summed E-state index contributed by atoms with van der Waals surface area (Å²) in [6.45, 7) is 7.17. The highest BCUT2D eigenvalue weighted by Gasteiger charge is 2.34. The van der Waals surface area contributed by atoms with Gasteiger partial charge >= 0.3 is 12.1 Å². The third-order valence-electron chi connectivity index (χ3n) is 3.81. The molecule has 0 aliphatic rings. The second kappa shape index (κ2) is 6.50. The Kier molecular flexibility index (Phi) is 4.92. The number of hydrogen-bond donors (Lipinski definition) is 0. The maximum atomic E-state index is 13.2. The van der Waals surface area contributed by atoms with Crippen LogP contribution in [0.15, 0.2) is 18.5 Å². The van der Waals surface area contributed by atoms with Gasteiger partial charge in [-0.1, -0.05) is 20.8 Å². The quantitative estimate of drug-likeness (QED) is 0.787. The molecule has 0 N–H and O–H groups in total. The molecule has 0 spiro atoms. The SMILES string of the molecule is COC(=O)c1nc(C(C)(C)C)n(Cc2cnccc2C(F)(F)F)c1C. The molecule has 2 rings (SSSR count). The monoisotopic (exact) mass is 355 g/mol. The molecule has 136 valence electrons. The average molecular weight is 355 g/mol. The largest absolute Gasteiger partial charge is 0.464 e. The van der Waals surface area contributed by atoms with Gasteiger partial charge in [0.05, 0.1) is 19.2 Å². The predicted molar refractivity (Wildman–Crippen MR) is 85.3 cm³/mol. The third-order valence-corrected chi connectivity index (χ3v) is 3.81. The Hall–Kier alpha value is -2.38. The lowest BCUT2D eigenvalue weighted by molar-refractivity contribution is -0.138. The van der Waals surface area contributed by atoms with Gasteiger partial charge in [0.1, 0.15) is 5.82 Å². The van der Waals surface area contributed by atoms with E-state index in [1.807, 2.05) is 20.8 Å². The average Bonchev–Trinajstić information content (AvgIpc) is 2.83. The smallest absolute Gasteiger partial charge is 0.416 e. The summed E-state index contributed by atoms with van der Waals surface area (Å²) in [5.41, 5.74) is -0.663. The highest BCUT2D eigenvalue weighted by atomic mass is 19.4. The molecule has 0 bridgehead atoms. The molecule has 0 saturated heterocycles. The number of aromatic nitrogens is 3. The standard InChI is InChI=1S/C17H20F3N3O2/c1-10-13(14(24)25-5)22-15(16(2,3)4)23(10)9-11-8-21-7-6-12(11)17(18,19)20/h6-8H,9H2,1-5H3. The van der Waals surface area contributed by atoms with Gasteiger partial charge in [0.2, 0.25) is 0 Å². The molecule has 0 atom stereocenters. The van der Waals surface area contributed by atoms with Crippen molar-refractivity contribution in [3.05, 3.63) is 46.8 Å². The van der Waals surface area contributed by atoms with Crippen LogP contribution in [0.5, 0.6) is 0 Å². The summed E-state index contributed by atoms with van der Waals surface area (Å²) < 4.78 is 46.1.